The summed E-state index contributed by atoms with van der Waals surface area (Å²) in [7, 11) is 0. The Kier molecular flexibility index (Phi) is 6.85. The quantitative estimate of drug-likeness (QED) is 0.272. The Hall–Kier alpha value is -4.82. The smallest absolute Gasteiger partial charge is 0.287 e. The van der Waals surface area contributed by atoms with Crippen molar-refractivity contribution in [1.29, 1.82) is 0 Å². The van der Waals surface area contributed by atoms with Crippen LogP contribution in [0.2, 0.25) is 5.02 Å². The lowest BCUT2D eigenvalue weighted by Gasteiger charge is -2.28. The predicted molar refractivity (Wildman–Crippen MR) is 144 cm³/mol. The highest BCUT2D eigenvalue weighted by atomic mass is 35.5. The van der Waals surface area contributed by atoms with Gasteiger partial charge in [0.1, 0.15) is 29.7 Å². The van der Waals surface area contributed by atoms with Crippen LogP contribution in [-0.4, -0.2) is 41.6 Å². The number of halogens is 3. The van der Waals surface area contributed by atoms with Crippen LogP contribution in [0.15, 0.2) is 54.9 Å². The number of hydrogen-bond donors (Lipinski definition) is 3. The van der Waals surface area contributed by atoms with Gasteiger partial charge >= 0.3 is 0 Å². The number of aromatic nitrogens is 5. The molecule has 15 heteroatoms. The van der Waals surface area contributed by atoms with Gasteiger partial charge in [-0.25, -0.2) is 23.7 Å². The highest BCUT2D eigenvalue weighted by Gasteiger charge is 2.36. The Bertz CT molecular complexity index is 1850. The molecular weight excluding hydrogens is 578 g/mol. The molecule has 6 rings (SSSR count). The monoisotopic (exact) mass is 594 g/mol. The third-order valence-corrected chi connectivity index (χ3v) is 7.44. The van der Waals surface area contributed by atoms with E-state index in [9.17, 15) is 23.2 Å². The number of fused-ring (bicyclic) bond motifs is 2. The zero-order valence-electron chi connectivity index (χ0n) is 20.7. The SMILES string of the molecule is O=C1Cn2c(C(=O)NCc3ncccn3)nc(NC(=O)c3nsc4ccc(F)cc34)c2C(c2cc(F)ccc2Cl)N1. The molecule has 0 bridgehead atoms. The van der Waals surface area contributed by atoms with Crippen molar-refractivity contribution in [2.75, 3.05) is 5.32 Å². The van der Waals surface area contributed by atoms with Crippen LogP contribution in [0.4, 0.5) is 14.6 Å². The van der Waals surface area contributed by atoms with E-state index in [1.807, 2.05) is 0 Å². The van der Waals surface area contributed by atoms with Gasteiger partial charge in [-0.2, -0.15) is 4.37 Å². The molecule has 0 aliphatic carbocycles. The molecule has 0 saturated heterocycles. The molecule has 1 aliphatic heterocycles. The predicted octanol–water partition coefficient (Wildman–Crippen LogP) is 3.62. The molecule has 11 nitrogen and oxygen atoms in total. The molecule has 41 heavy (non-hydrogen) atoms. The molecule has 0 fully saturated rings. The number of carbonyl (C=O) groups excluding carboxylic acids is 3. The van der Waals surface area contributed by atoms with Crippen molar-refractivity contribution >= 4 is 56.8 Å². The molecule has 3 amide bonds. The second-order valence-electron chi connectivity index (χ2n) is 8.90. The lowest BCUT2D eigenvalue weighted by atomic mass is 10.0. The number of anilines is 1. The molecule has 5 aromatic rings. The van der Waals surface area contributed by atoms with E-state index in [1.54, 1.807) is 6.07 Å². The number of carbonyl (C=O) groups is 3. The number of nitrogens with one attached hydrogen (secondary N) is 3. The maximum atomic E-state index is 14.3. The van der Waals surface area contributed by atoms with Crippen LogP contribution >= 0.6 is 23.1 Å². The van der Waals surface area contributed by atoms with Gasteiger partial charge in [0.05, 0.1) is 23.0 Å². The second kappa shape index (κ2) is 10.6. The Balaban J connectivity index is 1.43. The third kappa shape index (κ3) is 5.10. The van der Waals surface area contributed by atoms with Crippen molar-refractivity contribution in [1.82, 2.24) is 34.5 Å². The number of rotatable bonds is 6. The minimum atomic E-state index is -1.08. The molecule has 1 atom stereocenters. The van der Waals surface area contributed by atoms with Gasteiger partial charge < -0.3 is 20.5 Å². The first-order valence-corrected chi connectivity index (χ1v) is 13.2. The Labute approximate surface area is 238 Å². The standard InChI is InChI=1S/C26H17ClF2N8O3S/c27-16-4-2-12(28)8-14(16)20-22-23(35-25(39)21-15-9-13(29)3-5-17(15)41-36-21)34-24(37(22)11-19(38)33-20)26(40)32-10-18-30-6-1-7-31-18/h1-9,20H,10-11H2,(H,32,40)(H,33,38)(H,35,39). The maximum absolute atomic E-state index is 14.3. The van der Waals surface area contributed by atoms with Crippen molar-refractivity contribution in [2.24, 2.45) is 0 Å². The minimum Gasteiger partial charge on any atom is -0.342 e. The summed E-state index contributed by atoms with van der Waals surface area (Å²) in [6.07, 6.45) is 3.04. The van der Waals surface area contributed by atoms with Gasteiger partial charge in [0.15, 0.2) is 5.82 Å². The van der Waals surface area contributed by atoms with Crippen molar-refractivity contribution in [2.45, 2.75) is 19.1 Å². The van der Waals surface area contributed by atoms with Crippen LogP contribution in [0, 0.1) is 11.6 Å². The Morgan fingerprint density at radius 1 is 1.10 bits per heavy atom. The fraction of sp³-hybridized carbons (Fsp3) is 0.115. The average Bonchev–Trinajstić information content (AvgIpc) is 3.54. The summed E-state index contributed by atoms with van der Waals surface area (Å²) in [5.74, 6) is -3.03. The largest absolute Gasteiger partial charge is 0.342 e. The first-order valence-electron chi connectivity index (χ1n) is 12.0. The lowest BCUT2D eigenvalue weighted by Crippen LogP contribution is -2.41. The molecule has 3 aromatic heterocycles. The van der Waals surface area contributed by atoms with Crippen molar-refractivity contribution in [3.8, 4) is 0 Å². The zero-order chi connectivity index (χ0) is 28.7. The molecular formula is C26H17ClF2N8O3S. The normalized spacial score (nSPS) is 14.4. The van der Waals surface area contributed by atoms with Crippen LogP contribution in [0.5, 0.6) is 0 Å². The Morgan fingerprint density at radius 3 is 2.66 bits per heavy atom. The van der Waals surface area contributed by atoms with Gasteiger partial charge in [0.2, 0.25) is 11.7 Å². The van der Waals surface area contributed by atoms with Gasteiger partial charge in [-0.15, -0.1) is 0 Å². The lowest BCUT2D eigenvalue weighted by molar-refractivity contribution is -0.123. The topological polar surface area (TPSA) is 144 Å². The maximum Gasteiger partial charge on any atom is 0.287 e. The van der Waals surface area contributed by atoms with Gasteiger partial charge in [0, 0.05) is 28.4 Å². The fourth-order valence-electron chi connectivity index (χ4n) is 4.46. The second-order valence-corrected chi connectivity index (χ2v) is 10.1. The molecule has 0 radical (unpaired) electrons. The van der Waals surface area contributed by atoms with E-state index < -0.39 is 35.4 Å². The van der Waals surface area contributed by atoms with Gasteiger partial charge in [0.25, 0.3) is 11.8 Å². The van der Waals surface area contributed by atoms with Crippen LogP contribution < -0.4 is 16.0 Å². The molecule has 1 aliphatic rings. The molecule has 4 heterocycles. The van der Waals surface area contributed by atoms with Crippen molar-refractivity contribution in [3.63, 3.8) is 0 Å². The van der Waals surface area contributed by atoms with E-state index in [-0.39, 0.29) is 46.7 Å². The van der Waals surface area contributed by atoms with Gasteiger partial charge in [-0.05, 0) is 54.0 Å². The number of benzene rings is 2. The molecule has 206 valence electrons. The summed E-state index contributed by atoms with van der Waals surface area (Å²) in [4.78, 5) is 51.9. The van der Waals surface area contributed by atoms with Crippen LogP contribution in [0.3, 0.4) is 0 Å². The van der Waals surface area contributed by atoms with Gasteiger partial charge in [-0.1, -0.05) is 11.6 Å². The van der Waals surface area contributed by atoms with E-state index in [4.69, 9.17) is 11.6 Å². The van der Waals surface area contributed by atoms with Crippen molar-refractivity contribution in [3.05, 3.63) is 100 Å². The number of nitrogens with zero attached hydrogens (tertiary/aromatic N) is 5. The van der Waals surface area contributed by atoms with Gasteiger partial charge in [-0.3, -0.25) is 14.4 Å². The van der Waals surface area contributed by atoms with E-state index in [0.717, 1.165) is 23.7 Å². The zero-order valence-corrected chi connectivity index (χ0v) is 22.3. The van der Waals surface area contributed by atoms with Crippen LogP contribution in [0.25, 0.3) is 10.1 Å². The number of hydrogen-bond acceptors (Lipinski definition) is 8. The summed E-state index contributed by atoms with van der Waals surface area (Å²) in [5.41, 5.74) is 0.304. The summed E-state index contributed by atoms with van der Waals surface area (Å²) >= 11 is 7.39. The average molecular weight is 595 g/mol. The van der Waals surface area contributed by atoms with E-state index in [0.29, 0.717) is 15.9 Å². The Morgan fingerprint density at radius 2 is 1.85 bits per heavy atom. The van der Waals surface area contributed by atoms with E-state index >= 15 is 0 Å². The van der Waals surface area contributed by atoms with E-state index in [1.165, 1.54) is 41.2 Å². The molecule has 0 saturated carbocycles. The summed E-state index contributed by atoms with van der Waals surface area (Å²) < 4.78 is 34.3. The highest BCUT2D eigenvalue weighted by molar-refractivity contribution is 7.13. The molecule has 0 spiro atoms. The third-order valence-electron chi connectivity index (χ3n) is 6.26. The van der Waals surface area contributed by atoms with Crippen molar-refractivity contribution < 1.29 is 23.2 Å². The number of amides is 3. The van der Waals surface area contributed by atoms with Crippen LogP contribution in [-0.2, 0) is 17.9 Å². The fourth-order valence-corrected chi connectivity index (χ4v) is 5.44. The first-order chi connectivity index (χ1) is 19.8. The summed E-state index contributed by atoms with van der Waals surface area (Å²) in [6, 6.07) is 8.14. The summed E-state index contributed by atoms with van der Waals surface area (Å²) in [6.45, 7) is -0.359. The van der Waals surface area contributed by atoms with E-state index in [2.05, 4.69) is 35.3 Å². The van der Waals surface area contributed by atoms with Crippen LogP contribution in [0.1, 0.15) is 44.2 Å². The molecule has 2 aromatic carbocycles. The minimum absolute atomic E-state index is 0.0364. The first kappa shape index (κ1) is 26.4. The molecule has 3 N–H and O–H groups in total. The summed E-state index contributed by atoms with van der Waals surface area (Å²) in [5, 5.41) is 8.45. The molecule has 1 unspecified atom stereocenters. The number of imidazole rings is 1. The highest BCUT2D eigenvalue weighted by Crippen LogP contribution is 2.36.